The second-order valence-corrected chi connectivity index (χ2v) is 7.50. The van der Waals surface area contributed by atoms with Crippen molar-refractivity contribution in [1.29, 1.82) is 0 Å². The van der Waals surface area contributed by atoms with Gasteiger partial charge in [0.15, 0.2) is 0 Å². The minimum absolute atomic E-state index is 0.304. The van der Waals surface area contributed by atoms with Crippen molar-refractivity contribution >= 4 is 15.7 Å². The summed E-state index contributed by atoms with van der Waals surface area (Å²) in [6.07, 6.45) is 3.95. The summed E-state index contributed by atoms with van der Waals surface area (Å²) in [5.74, 6) is 0. The Morgan fingerprint density at radius 2 is 1.79 bits per heavy atom. The van der Waals surface area contributed by atoms with Crippen LogP contribution < -0.4 is 10.5 Å². The molecule has 0 aromatic heterocycles. The summed E-state index contributed by atoms with van der Waals surface area (Å²) in [5, 5.41) is 0. The third-order valence-electron chi connectivity index (χ3n) is 3.92. The summed E-state index contributed by atoms with van der Waals surface area (Å²) in [6, 6.07) is 3.48. The highest BCUT2D eigenvalue weighted by molar-refractivity contribution is 7.89. The van der Waals surface area contributed by atoms with E-state index in [1.165, 1.54) is 0 Å². The minimum atomic E-state index is -3.51. The van der Waals surface area contributed by atoms with Gasteiger partial charge in [0.05, 0.1) is 4.90 Å². The Kier molecular flexibility index (Phi) is 3.62. The molecule has 1 aromatic carbocycles. The van der Waals surface area contributed by atoms with Gasteiger partial charge in [0, 0.05) is 11.2 Å². The average molecular weight is 282 g/mol. The molecule has 0 spiro atoms. The van der Waals surface area contributed by atoms with E-state index in [-0.39, 0.29) is 5.54 Å². The van der Waals surface area contributed by atoms with Crippen molar-refractivity contribution in [2.45, 2.75) is 56.9 Å². The van der Waals surface area contributed by atoms with E-state index < -0.39 is 10.0 Å². The van der Waals surface area contributed by atoms with E-state index in [0.29, 0.717) is 16.1 Å². The highest BCUT2D eigenvalue weighted by Gasteiger charge is 2.34. The van der Waals surface area contributed by atoms with Crippen LogP contribution >= 0.6 is 0 Å². The molecule has 4 nitrogen and oxygen atoms in total. The summed E-state index contributed by atoms with van der Waals surface area (Å²) in [7, 11) is -3.51. The first-order valence-electron chi connectivity index (χ1n) is 6.64. The van der Waals surface area contributed by atoms with Crippen LogP contribution in [0, 0.1) is 13.8 Å². The van der Waals surface area contributed by atoms with E-state index in [9.17, 15) is 8.42 Å². The summed E-state index contributed by atoms with van der Waals surface area (Å²) in [5.41, 5.74) is 7.56. The lowest BCUT2D eigenvalue weighted by Crippen LogP contribution is -2.43. The van der Waals surface area contributed by atoms with Crippen LogP contribution in [-0.2, 0) is 10.0 Å². The summed E-state index contributed by atoms with van der Waals surface area (Å²) >= 11 is 0. The number of rotatable bonds is 3. The number of aryl methyl sites for hydroxylation is 1. The van der Waals surface area contributed by atoms with Gasteiger partial charge in [-0.2, -0.15) is 0 Å². The van der Waals surface area contributed by atoms with Gasteiger partial charge in [0.25, 0.3) is 0 Å². The predicted octanol–water partition coefficient (Wildman–Crippen LogP) is 2.50. The zero-order valence-corrected chi connectivity index (χ0v) is 12.6. The molecule has 2 rings (SSSR count). The van der Waals surface area contributed by atoms with Gasteiger partial charge < -0.3 is 5.73 Å². The van der Waals surface area contributed by atoms with Crippen LogP contribution in [-0.4, -0.2) is 14.0 Å². The molecule has 1 aliphatic carbocycles. The fourth-order valence-corrected chi connectivity index (χ4v) is 4.59. The van der Waals surface area contributed by atoms with Crippen molar-refractivity contribution in [3.63, 3.8) is 0 Å². The standard InChI is InChI=1S/C14H22N2O2S/c1-10-8-12(15)11(2)13(9-10)19(17,18)16-14(3)6-4-5-7-14/h8-9,16H,4-7,15H2,1-3H3. The third-order valence-corrected chi connectivity index (χ3v) is 5.69. The highest BCUT2D eigenvalue weighted by Crippen LogP contribution is 2.32. The number of sulfonamides is 1. The lowest BCUT2D eigenvalue weighted by Gasteiger charge is -2.25. The molecule has 0 radical (unpaired) electrons. The van der Waals surface area contributed by atoms with Crippen molar-refractivity contribution < 1.29 is 8.42 Å². The molecule has 1 aliphatic rings. The molecule has 3 N–H and O–H groups in total. The van der Waals surface area contributed by atoms with Crippen molar-refractivity contribution in [3.8, 4) is 0 Å². The molecule has 0 amide bonds. The first kappa shape index (κ1) is 14.3. The molecule has 0 unspecified atom stereocenters. The van der Waals surface area contributed by atoms with Crippen LogP contribution in [0.5, 0.6) is 0 Å². The summed E-state index contributed by atoms with van der Waals surface area (Å²) in [6.45, 7) is 5.58. The Bertz CT molecular complexity index is 588. The van der Waals surface area contributed by atoms with E-state index in [0.717, 1.165) is 31.2 Å². The Morgan fingerprint density at radius 1 is 1.21 bits per heavy atom. The van der Waals surface area contributed by atoms with Crippen LogP contribution in [0.25, 0.3) is 0 Å². The molecule has 0 atom stereocenters. The van der Waals surface area contributed by atoms with E-state index in [1.807, 2.05) is 13.8 Å². The van der Waals surface area contributed by atoms with Crippen molar-refractivity contribution in [1.82, 2.24) is 4.72 Å². The maximum absolute atomic E-state index is 12.6. The summed E-state index contributed by atoms with van der Waals surface area (Å²) < 4.78 is 28.0. The first-order chi connectivity index (χ1) is 8.73. The fourth-order valence-electron chi connectivity index (χ4n) is 2.77. The van der Waals surface area contributed by atoms with Gasteiger partial charge >= 0.3 is 0 Å². The molecule has 0 heterocycles. The molecule has 1 fully saturated rings. The maximum atomic E-state index is 12.6. The molecule has 1 aromatic rings. The normalized spacial score (nSPS) is 18.7. The number of hydrogen-bond donors (Lipinski definition) is 2. The molecule has 0 aliphatic heterocycles. The van der Waals surface area contributed by atoms with Gasteiger partial charge in [0.1, 0.15) is 0 Å². The van der Waals surface area contributed by atoms with E-state index in [2.05, 4.69) is 4.72 Å². The first-order valence-corrected chi connectivity index (χ1v) is 8.13. The van der Waals surface area contributed by atoms with Gasteiger partial charge in [0.2, 0.25) is 10.0 Å². The van der Waals surface area contributed by atoms with E-state index in [1.54, 1.807) is 19.1 Å². The number of nitrogen functional groups attached to an aromatic ring is 1. The van der Waals surface area contributed by atoms with E-state index >= 15 is 0 Å². The molecule has 0 saturated heterocycles. The molecule has 1 saturated carbocycles. The van der Waals surface area contributed by atoms with Gasteiger partial charge in [-0.15, -0.1) is 0 Å². The van der Waals surface area contributed by atoms with E-state index in [4.69, 9.17) is 5.73 Å². The second-order valence-electron chi connectivity index (χ2n) is 5.85. The Hall–Kier alpha value is -1.07. The monoisotopic (exact) mass is 282 g/mol. The second kappa shape index (κ2) is 4.80. The van der Waals surface area contributed by atoms with Crippen molar-refractivity contribution in [2.75, 3.05) is 5.73 Å². The number of nitrogens with two attached hydrogens (primary N) is 1. The molecule has 106 valence electrons. The number of hydrogen-bond acceptors (Lipinski definition) is 3. The highest BCUT2D eigenvalue weighted by atomic mass is 32.2. The zero-order valence-electron chi connectivity index (χ0n) is 11.8. The van der Waals surface area contributed by atoms with Gasteiger partial charge in [-0.25, -0.2) is 13.1 Å². The third kappa shape index (κ3) is 2.92. The maximum Gasteiger partial charge on any atom is 0.241 e. The number of nitrogens with one attached hydrogen (secondary N) is 1. The molecule has 5 heteroatoms. The zero-order chi connectivity index (χ0) is 14.3. The molecule has 0 bridgehead atoms. The van der Waals surface area contributed by atoms with Gasteiger partial charge in [-0.1, -0.05) is 12.8 Å². The average Bonchev–Trinajstić information content (AvgIpc) is 2.68. The Morgan fingerprint density at radius 3 is 2.37 bits per heavy atom. The topological polar surface area (TPSA) is 72.2 Å². The van der Waals surface area contributed by atoms with Crippen LogP contribution in [0.15, 0.2) is 17.0 Å². The largest absolute Gasteiger partial charge is 0.398 e. The Balaban J connectivity index is 2.40. The van der Waals surface area contributed by atoms with Crippen LogP contribution in [0.2, 0.25) is 0 Å². The SMILES string of the molecule is Cc1cc(N)c(C)c(S(=O)(=O)NC2(C)CCCC2)c1. The lowest BCUT2D eigenvalue weighted by atomic mass is 10.0. The van der Waals surface area contributed by atoms with Crippen LogP contribution in [0.3, 0.4) is 0 Å². The van der Waals surface area contributed by atoms with Crippen LogP contribution in [0.4, 0.5) is 5.69 Å². The van der Waals surface area contributed by atoms with Gasteiger partial charge in [-0.3, -0.25) is 0 Å². The minimum Gasteiger partial charge on any atom is -0.398 e. The Labute approximate surface area is 115 Å². The number of anilines is 1. The fraction of sp³-hybridized carbons (Fsp3) is 0.571. The number of benzene rings is 1. The smallest absolute Gasteiger partial charge is 0.241 e. The quantitative estimate of drug-likeness (QED) is 0.837. The van der Waals surface area contributed by atoms with Crippen molar-refractivity contribution in [3.05, 3.63) is 23.3 Å². The predicted molar refractivity (Wildman–Crippen MR) is 77.5 cm³/mol. The molecular weight excluding hydrogens is 260 g/mol. The van der Waals surface area contributed by atoms with Gasteiger partial charge in [-0.05, 0) is 56.9 Å². The molecule has 19 heavy (non-hydrogen) atoms. The van der Waals surface area contributed by atoms with Crippen LogP contribution in [0.1, 0.15) is 43.7 Å². The summed E-state index contributed by atoms with van der Waals surface area (Å²) in [4.78, 5) is 0.304. The lowest BCUT2D eigenvalue weighted by molar-refractivity contribution is 0.427. The van der Waals surface area contributed by atoms with Crippen molar-refractivity contribution in [2.24, 2.45) is 0 Å². The molecular formula is C14H22N2O2S.